The molecular weight excluding hydrogens is 234 g/mol. The van der Waals surface area contributed by atoms with Gasteiger partial charge in [0.25, 0.3) is 0 Å². The van der Waals surface area contributed by atoms with Gasteiger partial charge in [0.15, 0.2) is 0 Å². The summed E-state index contributed by atoms with van der Waals surface area (Å²) in [7, 11) is 0. The largest absolute Gasteiger partial charge is 0.384 e. The van der Waals surface area contributed by atoms with E-state index in [0.717, 1.165) is 16.3 Å². The molecule has 0 amide bonds. The van der Waals surface area contributed by atoms with Crippen molar-refractivity contribution < 1.29 is 0 Å². The number of anilines is 2. The van der Waals surface area contributed by atoms with Crippen LogP contribution in [0.5, 0.6) is 0 Å². The van der Waals surface area contributed by atoms with Crippen molar-refractivity contribution in [2.75, 3.05) is 11.1 Å². The van der Waals surface area contributed by atoms with Crippen molar-refractivity contribution in [2.24, 2.45) is 0 Å². The molecule has 88 valence electrons. The topological polar surface area (TPSA) is 50.9 Å². The number of hydrogen-bond acceptors (Lipinski definition) is 3. The molecule has 0 spiro atoms. The fraction of sp³-hybridized carbons (Fsp3) is 0.154. The Morgan fingerprint density at radius 1 is 1.24 bits per heavy atom. The number of halogens is 1. The number of nitrogens with two attached hydrogens (primary N) is 1. The van der Waals surface area contributed by atoms with Gasteiger partial charge >= 0.3 is 0 Å². The summed E-state index contributed by atoms with van der Waals surface area (Å²) in [6.07, 6.45) is 1.71. The first kappa shape index (κ1) is 11.7. The molecule has 0 aliphatic heterocycles. The van der Waals surface area contributed by atoms with Crippen LogP contribution in [0.2, 0.25) is 5.02 Å². The van der Waals surface area contributed by atoms with Crippen LogP contribution in [-0.2, 0) is 0 Å². The predicted octanol–water partition coefficient (Wildman–Crippen LogP) is 3.49. The van der Waals surface area contributed by atoms with Crippen molar-refractivity contribution in [2.45, 2.75) is 13.0 Å². The molecule has 0 radical (unpaired) electrons. The molecule has 0 aliphatic carbocycles. The van der Waals surface area contributed by atoms with E-state index in [2.05, 4.69) is 17.2 Å². The number of nitrogens with one attached hydrogen (secondary N) is 1. The number of rotatable bonds is 3. The van der Waals surface area contributed by atoms with Crippen LogP contribution in [-0.4, -0.2) is 4.98 Å². The molecule has 0 saturated carbocycles. The number of benzene rings is 1. The van der Waals surface area contributed by atoms with Gasteiger partial charge in [-0.05, 0) is 30.7 Å². The molecule has 3 N–H and O–H groups in total. The van der Waals surface area contributed by atoms with E-state index in [4.69, 9.17) is 17.3 Å². The lowest BCUT2D eigenvalue weighted by molar-refractivity contribution is 0.883. The zero-order chi connectivity index (χ0) is 12.3. The van der Waals surface area contributed by atoms with E-state index in [0.29, 0.717) is 5.82 Å². The summed E-state index contributed by atoms with van der Waals surface area (Å²) in [5, 5.41) is 4.08. The summed E-state index contributed by atoms with van der Waals surface area (Å²) < 4.78 is 0. The summed E-state index contributed by atoms with van der Waals surface area (Å²) >= 11 is 6.13. The molecule has 1 heterocycles. The fourth-order valence-electron chi connectivity index (χ4n) is 1.64. The van der Waals surface area contributed by atoms with Gasteiger partial charge in [-0.15, -0.1) is 0 Å². The Labute approximate surface area is 106 Å². The Kier molecular flexibility index (Phi) is 3.49. The van der Waals surface area contributed by atoms with Crippen LogP contribution < -0.4 is 11.1 Å². The minimum Gasteiger partial charge on any atom is -0.384 e. The van der Waals surface area contributed by atoms with Crippen molar-refractivity contribution in [3.8, 4) is 0 Å². The van der Waals surface area contributed by atoms with Crippen molar-refractivity contribution in [3.05, 3.63) is 53.2 Å². The first-order valence-electron chi connectivity index (χ1n) is 5.39. The Morgan fingerprint density at radius 3 is 2.65 bits per heavy atom. The highest BCUT2D eigenvalue weighted by molar-refractivity contribution is 6.31. The van der Waals surface area contributed by atoms with E-state index >= 15 is 0 Å². The lowest BCUT2D eigenvalue weighted by Gasteiger charge is -2.16. The summed E-state index contributed by atoms with van der Waals surface area (Å²) in [5.74, 6) is 0.515. The summed E-state index contributed by atoms with van der Waals surface area (Å²) in [4.78, 5) is 4.03. The van der Waals surface area contributed by atoms with Crippen molar-refractivity contribution in [1.82, 2.24) is 4.98 Å². The van der Waals surface area contributed by atoms with Gasteiger partial charge in [0, 0.05) is 5.02 Å². The molecule has 1 aromatic heterocycles. The van der Waals surface area contributed by atoms with Crippen LogP contribution in [0, 0.1) is 0 Å². The third-order valence-electron chi connectivity index (χ3n) is 2.54. The Hall–Kier alpha value is -1.74. The molecule has 0 saturated heterocycles. The number of pyridine rings is 1. The zero-order valence-corrected chi connectivity index (χ0v) is 10.3. The molecule has 0 bridgehead atoms. The van der Waals surface area contributed by atoms with Crippen molar-refractivity contribution in [1.29, 1.82) is 0 Å². The van der Waals surface area contributed by atoms with Crippen LogP contribution >= 0.6 is 11.6 Å². The van der Waals surface area contributed by atoms with E-state index in [-0.39, 0.29) is 6.04 Å². The third-order valence-corrected chi connectivity index (χ3v) is 2.89. The molecule has 1 aromatic carbocycles. The monoisotopic (exact) mass is 247 g/mol. The molecule has 0 aliphatic rings. The molecule has 1 atom stereocenters. The summed E-state index contributed by atoms with van der Waals surface area (Å²) in [6.45, 7) is 2.05. The van der Waals surface area contributed by atoms with E-state index in [1.165, 1.54) is 0 Å². The maximum Gasteiger partial charge on any atom is 0.123 e. The SMILES string of the molecule is CC(Nc1ccc(N)nc1)c1ccccc1Cl. The van der Waals surface area contributed by atoms with Crippen molar-refractivity contribution in [3.63, 3.8) is 0 Å². The molecular formula is C13H14ClN3. The highest BCUT2D eigenvalue weighted by atomic mass is 35.5. The van der Waals surface area contributed by atoms with Crippen LogP contribution in [0.4, 0.5) is 11.5 Å². The molecule has 0 fully saturated rings. The van der Waals surface area contributed by atoms with E-state index in [1.54, 1.807) is 12.3 Å². The van der Waals surface area contributed by atoms with Crippen LogP contribution in [0.15, 0.2) is 42.6 Å². The predicted molar refractivity (Wildman–Crippen MR) is 72.1 cm³/mol. The van der Waals surface area contributed by atoms with E-state index in [9.17, 15) is 0 Å². The normalized spacial score (nSPS) is 12.1. The Balaban J connectivity index is 2.14. The lowest BCUT2D eigenvalue weighted by Crippen LogP contribution is -2.07. The number of aromatic nitrogens is 1. The molecule has 4 heteroatoms. The third kappa shape index (κ3) is 2.88. The maximum absolute atomic E-state index is 6.13. The van der Waals surface area contributed by atoms with Gasteiger partial charge < -0.3 is 11.1 Å². The van der Waals surface area contributed by atoms with Crippen LogP contribution in [0.1, 0.15) is 18.5 Å². The molecule has 17 heavy (non-hydrogen) atoms. The maximum atomic E-state index is 6.13. The highest BCUT2D eigenvalue weighted by Crippen LogP contribution is 2.25. The fourth-order valence-corrected chi connectivity index (χ4v) is 1.94. The lowest BCUT2D eigenvalue weighted by atomic mass is 10.1. The molecule has 3 nitrogen and oxygen atoms in total. The van der Waals surface area contributed by atoms with Gasteiger partial charge in [0.2, 0.25) is 0 Å². The quantitative estimate of drug-likeness (QED) is 0.873. The smallest absolute Gasteiger partial charge is 0.123 e. The highest BCUT2D eigenvalue weighted by Gasteiger charge is 2.08. The Bertz CT molecular complexity index is 496. The first-order chi connectivity index (χ1) is 8.16. The van der Waals surface area contributed by atoms with Crippen molar-refractivity contribution >= 4 is 23.1 Å². The van der Waals surface area contributed by atoms with Gasteiger partial charge in [-0.2, -0.15) is 0 Å². The van der Waals surface area contributed by atoms with Crippen LogP contribution in [0.3, 0.4) is 0 Å². The van der Waals surface area contributed by atoms with Gasteiger partial charge in [0.1, 0.15) is 5.82 Å². The zero-order valence-electron chi connectivity index (χ0n) is 9.52. The average molecular weight is 248 g/mol. The minimum absolute atomic E-state index is 0.120. The molecule has 1 unspecified atom stereocenters. The Morgan fingerprint density at radius 2 is 2.00 bits per heavy atom. The second kappa shape index (κ2) is 5.06. The van der Waals surface area contributed by atoms with E-state index < -0.39 is 0 Å². The second-order valence-electron chi connectivity index (χ2n) is 3.86. The summed E-state index contributed by atoms with van der Waals surface area (Å²) in [6, 6.07) is 11.6. The minimum atomic E-state index is 0.120. The van der Waals surface area contributed by atoms with E-state index in [1.807, 2.05) is 30.3 Å². The number of nitrogen functional groups attached to an aromatic ring is 1. The number of nitrogens with zero attached hydrogens (tertiary/aromatic N) is 1. The van der Waals surface area contributed by atoms with Gasteiger partial charge in [0.05, 0.1) is 17.9 Å². The van der Waals surface area contributed by atoms with Gasteiger partial charge in [-0.25, -0.2) is 4.98 Å². The average Bonchev–Trinajstić information content (AvgIpc) is 2.32. The summed E-state index contributed by atoms with van der Waals surface area (Å²) in [5.41, 5.74) is 7.52. The first-order valence-corrected chi connectivity index (χ1v) is 5.77. The van der Waals surface area contributed by atoms with Gasteiger partial charge in [-0.1, -0.05) is 29.8 Å². The second-order valence-corrected chi connectivity index (χ2v) is 4.27. The van der Waals surface area contributed by atoms with Crippen LogP contribution in [0.25, 0.3) is 0 Å². The number of hydrogen-bond donors (Lipinski definition) is 2. The molecule has 2 rings (SSSR count). The van der Waals surface area contributed by atoms with Gasteiger partial charge in [-0.3, -0.25) is 0 Å². The molecule has 2 aromatic rings. The standard InChI is InChI=1S/C13H14ClN3/c1-9(11-4-2-3-5-12(11)14)17-10-6-7-13(15)16-8-10/h2-9,17H,1H3,(H2,15,16).